The number of carbonyl (C=O) groups is 1. The van der Waals surface area contributed by atoms with Crippen molar-refractivity contribution in [3.05, 3.63) is 59.9 Å². The Hall–Kier alpha value is -2.79. The summed E-state index contributed by atoms with van der Waals surface area (Å²) in [5, 5.41) is 19.9. The Labute approximate surface area is 175 Å². The molecular weight excluding hydrogens is 385 g/mol. The summed E-state index contributed by atoms with van der Waals surface area (Å²) < 4.78 is 19.1. The van der Waals surface area contributed by atoms with Gasteiger partial charge < -0.3 is 14.7 Å². The zero-order valence-electron chi connectivity index (χ0n) is 16.6. The molecule has 7 heteroatoms. The standard InChI is InChI=1S/C23H24FN3O3/c24-17-5-3-4-16(12-17)18-6-1-2-7-19(18)23-20(13-25)27(21(23)15-28)22(29)14-26-8-10-30-11-9-26/h1-7,12,20-21,23,28H,8-11,14-15H2/t20-,21+,23+/m1/s1. The zero-order chi connectivity index (χ0) is 21.1. The minimum Gasteiger partial charge on any atom is -0.394 e. The predicted molar refractivity (Wildman–Crippen MR) is 109 cm³/mol. The molecule has 3 atom stereocenters. The molecule has 2 saturated heterocycles. The van der Waals surface area contributed by atoms with Crippen LogP contribution in [0.1, 0.15) is 11.5 Å². The number of aliphatic hydroxyl groups excluding tert-OH is 1. The maximum atomic E-state index is 13.8. The van der Waals surface area contributed by atoms with Crippen molar-refractivity contribution >= 4 is 5.91 Å². The maximum absolute atomic E-state index is 13.8. The number of carbonyl (C=O) groups excluding carboxylic acids is 1. The van der Waals surface area contributed by atoms with E-state index in [1.165, 1.54) is 17.0 Å². The fourth-order valence-electron chi connectivity index (χ4n) is 4.46. The lowest BCUT2D eigenvalue weighted by atomic mass is 9.73. The van der Waals surface area contributed by atoms with Gasteiger partial charge in [0.15, 0.2) is 0 Å². The van der Waals surface area contributed by atoms with E-state index in [0.717, 1.165) is 11.1 Å². The molecule has 0 saturated carbocycles. The summed E-state index contributed by atoms with van der Waals surface area (Å²) in [6.45, 7) is 2.48. The average molecular weight is 409 g/mol. The molecule has 0 radical (unpaired) electrons. The van der Waals surface area contributed by atoms with E-state index in [-0.39, 0.29) is 30.8 Å². The van der Waals surface area contributed by atoms with Crippen molar-refractivity contribution in [1.29, 1.82) is 5.26 Å². The van der Waals surface area contributed by atoms with E-state index >= 15 is 0 Å². The number of halogens is 1. The highest BCUT2D eigenvalue weighted by Crippen LogP contribution is 2.44. The molecule has 1 amide bonds. The third kappa shape index (κ3) is 3.82. The second kappa shape index (κ2) is 8.92. The van der Waals surface area contributed by atoms with Crippen LogP contribution < -0.4 is 0 Å². The number of nitrogens with zero attached hydrogens (tertiary/aromatic N) is 3. The molecule has 30 heavy (non-hydrogen) atoms. The lowest BCUT2D eigenvalue weighted by Gasteiger charge is -2.52. The summed E-state index contributed by atoms with van der Waals surface area (Å²) >= 11 is 0. The average Bonchev–Trinajstić information content (AvgIpc) is 2.75. The summed E-state index contributed by atoms with van der Waals surface area (Å²) in [6, 6.07) is 14.9. The number of hydrogen-bond donors (Lipinski definition) is 1. The number of ether oxygens (including phenoxy) is 1. The van der Waals surface area contributed by atoms with Crippen LogP contribution in [0.15, 0.2) is 48.5 Å². The van der Waals surface area contributed by atoms with Gasteiger partial charge in [0.25, 0.3) is 0 Å². The van der Waals surface area contributed by atoms with Crippen molar-refractivity contribution in [3.63, 3.8) is 0 Å². The molecule has 2 aromatic carbocycles. The van der Waals surface area contributed by atoms with Gasteiger partial charge in [0, 0.05) is 19.0 Å². The van der Waals surface area contributed by atoms with Gasteiger partial charge in [-0.05, 0) is 28.8 Å². The van der Waals surface area contributed by atoms with Gasteiger partial charge >= 0.3 is 0 Å². The molecule has 2 heterocycles. The summed E-state index contributed by atoms with van der Waals surface area (Å²) in [5.74, 6) is -0.844. The molecule has 156 valence electrons. The van der Waals surface area contributed by atoms with Crippen LogP contribution >= 0.6 is 0 Å². The molecule has 2 fully saturated rings. The van der Waals surface area contributed by atoms with E-state index < -0.39 is 12.1 Å². The molecule has 0 spiro atoms. The van der Waals surface area contributed by atoms with Crippen molar-refractivity contribution in [2.45, 2.75) is 18.0 Å². The number of hydrogen-bond acceptors (Lipinski definition) is 5. The summed E-state index contributed by atoms with van der Waals surface area (Å²) in [4.78, 5) is 16.4. The van der Waals surface area contributed by atoms with Crippen LogP contribution in [-0.4, -0.2) is 72.4 Å². The molecule has 6 nitrogen and oxygen atoms in total. The third-order valence-electron chi connectivity index (χ3n) is 5.94. The first-order chi connectivity index (χ1) is 14.6. The van der Waals surface area contributed by atoms with Crippen LogP contribution in [0, 0.1) is 17.1 Å². The van der Waals surface area contributed by atoms with Gasteiger partial charge in [-0.3, -0.25) is 9.69 Å². The first kappa shape index (κ1) is 20.5. The van der Waals surface area contributed by atoms with E-state index in [1.807, 2.05) is 35.2 Å². The topological polar surface area (TPSA) is 76.8 Å². The van der Waals surface area contributed by atoms with E-state index in [9.17, 15) is 19.6 Å². The second-order valence-corrected chi connectivity index (χ2v) is 7.64. The molecule has 2 aliphatic rings. The summed E-state index contributed by atoms with van der Waals surface area (Å²) in [5.41, 5.74) is 2.35. The Morgan fingerprint density at radius 1 is 1.20 bits per heavy atom. The highest BCUT2D eigenvalue weighted by Gasteiger charge is 2.52. The minimum atomic E-state index is -0.676. The van der Waals surface area contributed by atoms with Crippen molar-refractivity contribution in [1.82, 2.24) is 9.80 Å². The first-order valence-corrected chi connectivity index (χ1v) is 10.1. The smallest absolute Gasteiger partial charge is 0.238 e. The van der Waals surface area contributed by atoms with Crippen LogP contribution in [0.5, 0.6) is 0 Å². The molecule has 0 aromatic heterocycles. The first-order valence-electron chi connectivity index (χ1n) is 10.1. The summed E-state index contributed by atoms with van der Waals surface area (Å²) in [7, 11) is 0. The molecule has 0 unspecified atom stereocenters. The predicted octanol–water partition coefficient (Wildman–Crippen LogP) is 2.00. The van der Waals surface area contributed by atoms with Gasteiger partial charge in [0.1, 0.15) is 11.9 Å². The van der Waals surface area contributed by atoms with Gasteiger partial charge in [-0.1, -0.05) is 36.4 Å². The van der Waals surface area contributed by atoms with Gasteiger partial charge in [-0.15, -0.1) is 0 Å². The number of likely N-dealkylation sites (tertiary alicyclic amines) is 1. The fourth-order valence-corrected chi connectivity index (χ4v) is 4.46. The Balaban J connectivity index is 1.61. The number of aliphatic hydroxyl groups is 1. The van der Waals surface area contributed by atoms with Gasteiger partial charge in [-0.2, -0.15) is 5.26 Å². The number of morpholine rings is 1. The Morgan fingerprint density at radius 3 is 2.67 bits per heavy atom. The molecule has 0 bridgehead atoms. The van der Waals surface area contributed by atoms with Crippen molar-refractivity contribution in [2.24, 2.45) is 0 Å². The van der Waals surface area contributed by atoms with E-state index in [0.29, 0.717) is 31.9 Å². The third-order valence-corrected chi connectivity index (χ3v) is 5.94. The van der Waals surface area contributed by atoms with E-state index in [1.54, 1.807) is 6.07 Å². The van der Waals surface area contributed by atoms with E-state index in [2.05, 4.69) is 6.07 Å². The van der Waals surface area contributed by atoms with Crippen LogP contribution in [0.25, 0.3) is 11.1 Å². The molecule has 0 aliphatic carbocycles. The number of amides is 1. The molecule has 2 aliphatic heterocycles. The highest BCUT2D eigenvalue weighted by atomic mass is 19.1. The quantitative estimate of drug-likeness (QED) is 0.818. The number of nitriles is 1. The van der Waals surface area contributed by atoms with Crippen molar-refractivity contribution in [2.75, 3.05) is 39.5 Å². The number of rotatable bonds is 5. The van der Waals surface area contributed by atoms with Crippen LogP contribution in [0.3, 0.4) is 0 Å². The van der Waals surface area contributed by atoms with Crippen LogP contribution in [0.2, 0.25) is 0 Å². The van der Waals surface area contributed by atoms with Crippen molar-refractivity contribution in [3.8, 4) is 17.2 Å². The molecule has 1 N–H and O–H groups in total. The second-order valence-electron chi connectivity index (χ2n) is 7.64. The monoisotopic (exact) mass is 409 g/mol. The largest absolute Gasteiger partial charge is 0.394 e. The Kier molecular flexibility index (Phi) is 6.09. The van der Waals surface area contributed by atoms with Gasteiger partial charge in [0.05, 0.1) is 38.5 Å². The summed E-state index contributed by atoms with van der Waals surface area (Å²) in [6.07, 6.45) is 0. The van der Waals surface area contributed by atoms with E-state index in [4.69, 9.17) is 4.74 Å². The lowest BCUT2D eigenvalue weighted by molar-refractivity contribution is -0.149. The van der Waals surface area contributed by atoms with Crippen LogP contribution in [0.4, 0.5) is 4.39 Å². The normalized spacial score (nSPS) is 24.2. The van der Waals surface area contributed by atoms with Crippen LogP contribution in [-0.2, 0) is 9.53 Å². The maximum Gasteiger partial charge on any atom is 0.238 e. The highest BCUT2D eigenvalue weighted by molar-refractivity contribution is 5.82. The number of benzene rings is 2. The molecular formula is C23H24FN3O3. The molecule has 4 rings (SSSR count). The lowest BCUT2D eigenvalue weighted by Crippen LogP contribution is -2.66. The Morgan fingerprint density at radius 2 is 1.97 bits per heavy atom. The van der Waals surface area contributed by atoms with Gasteiger partial charge in [0.2, 0.25) is 5.91 Å². The molecule has 2 aromatic rings. The Bertz CT molecular complexity index is 955. The van der Waals surface area contributed by atoms with Gasteiger partial charge in [-0.25, -0.2) is 4.39 Å². The zero-order valence-corrected chi connectivity index (χ0v) is 16.6. The minimum absolute atomic E-state index is 0.165. The SMILES string of the molecule is N#C[C@@H]1[C@H](c2ccccc2-c2cccc(F)c2)[C@H](CO)N1C(=O)CN1CCOCC1. The van der Waals surface area contributed by atoms with Crippen molar-refractivity contribution < 1.29 is 19.0 Å². The fraction of sp³-hybridized carbons (Fsp3) is 0.391.